The van der Waals surface area contributed by atoms with Gasteiger partial charge in [-0.3, -0.25) is 4.79 Å². The molecule has 2 aromatic rings. The number of nitrogens with zero attached hydrogens (tertiary/aromatic N) is 2. The van der Waals surface area contributed by atoms with Crippen LogP contribution in [0.2, 0.25) is 0 Å². The van der Waals surface area contributed by atoms with Gasteiger partial charge in [-0.15, -0.1) is 0 Å². The second-order valence-corrected chi connectivity index (χ2v) is 6.16. The van der Waals surface area contributed by atoms with Crippen LogP contribution >= 0.6 is 0 Å². The Morgan fingerprint density at radius 3 is 2.33 bits per heavy atom. The molecule has 1 unspecified atom stereocenters. The van der Waals surface area contributed by atoms with Gasteiger partial charge in [0.25, 0.3) is 5.91 Å². The van der Waals surface area contributed by atoms with E-state index in [2.05, 4.69) is 5.10 Å². The van der Waals surface area contributed by atoms with Crippen LogP contribution < -0.4 is 0 Å². The van der Waals surface area contributed by atoms with Crippen LogP contribution in [0.5, 0.6) is 0 Å². The van der Waals surface area contributed by atoms with Crippen molar-refractivity contribution in [3.63, 3.8) is 0 Å². The molecular weight excluding hydrogens is 300 g/mol. The van der Waals surface area contributed by atoms with Crippen molar-refractivity contribution in [1.29, 1.82) is 0 Å². The number of aliphatic hydroxyl groups is 1. The number of hydrogen-bond donors (Lipinski definition) is 1. The predicted octanol–water partition coefficient (Wildman–Crippen LogP) is 3.62. The molecule has 0 aliphatic carbocycles. The maximum atomic E-state index is 12.7. The fraction of sp³-hybridized carbons (Fsp3) is 0.200. The number of rotatable bonds is 2. The molecule has 3 rings (SSSR count). The molecule has 122 valence electrons. The van der Waals surface area contributed by atoms with Crippen LogP contribution in [0.25, 0.3) is 6.08 Å². The van der Waals surface area contributed by atoms with Gasteiger partial charge in [0.15, 0.2) is 5.72 Å². The molecule has 2 aromatic carbocycles. The van der Waals surface area contributed by atoms with E-state index in [1.165, 1.54) is 0 Å². The van der Waals surface area contributed by atoms with Gasteiger partial charge >= 0.3 is 0 Å². The molecule has 1 aliphatic rings. The second kappa shape index (κ2) is 6.06. The highest BCUT2D eigenvalue weighted by Gasteiger charge is 2.43. The molecule has 1 amide bonds. The Bertz CT molecular complexity index is 818. The molecule has 0 bridgehead atoms. The fourth-order valence-electron chi connectivity index (χ4n) is 2.78. The number of hydrazone groups is 1. The number of amides is 1. The lowest BCUT2D eigenvalue weighted by molar-refractivity contribution is -0.0308. The average Bonchev–Trinajstić information content (AvgIpc) is 2.79. The van der Waals surface area contributed by atoms with E-state index >= 15 is 0 Å². The van der Waals surface area contributed by atoms with E-state index < -0.39 is 5.72 Å². The SMILES string of the molecule is CC1=NN(C(=O)c2ccc(C)cc2)C(C)(O)/C1=C/c1ccccc1. The van der Waals surface area contributed by atoms with E-state index in [-0.39, 0.29) is 5.91 Å². The van der Waals surface area contributed by atoms with Crippen LogP contribution in [0, 0.1) is 6.92 Å². The Morgan fingerprint density at radius 2 is 1.71 bits per heavy atom. The van der Waals surface area contributed by atoms with Gasteiger partial charge < -0.3 is 5.11 Å². The minimum atomic E-state index is -1.48. The summed E-state index contributed by atoms with van der Waals surface area (Å²) in [6, 6.07) is 16.9. The number of aryl methyl sites for hydroxylation is 1. The molecule has 1 heterocycles. The third-order valence-electron chi connectivity index (χ3n) is 4.16. The lowest BCUT2D eigenvalue weighted by Crippen LogP contribution is -2.44. The third kappa shape index (κ3) is 2.88. The topological polar surface area (TPSA) is 52.9 Å². The summed E-state index contributed by atoms with van der Waals surface area (Å²) in [5, 5.41) is 16.4. The second-order valence-electron chi connectivity index (χ2n) is 6.16. The van der Waals surface area contributed by atoms with Crippen LogP contribution in [0.3, 0.4) is 0 Å². The van der Waals surface area contributed by atoms with E-state index in [9.17, 15) is 9.90 Å². The standard InChI is InChI=1S/C20H20N2O2/c1-14-9-11-17(12-10-14)19(23)22-20(3,24)18(15(2)21-22)13-16-7-5-4-6-8-16/h4-13,24H,1-3H3/b18-13+. The Labute approximate surface area is 141 Å². The molecule has 24 heavy (non-hydrogen) atoms. The summed E-state index contributed by atoms with van der Waals surface area (Å²) in [6.07, 6.45) is 1.86. The summed E-state index contributed by atoms with van der Waals surface area (Å²) >= 11 is 0. The van der Waals surface area contributed by atoms with E-state index in [0.717, 1.165) is 16.1 Å². The van der Waals surface area contributed by atoms with Crippen molar-refractivity contribution < 1.29 is 9.90 Å². The van der Waals surface area contributed by atoms with Gasteiger partial charge in [-0.05, 0) is 44.5 Å². The first kappa shape index (κ1) is 16.1. The van der Waals surface area contributed by atoms with E-state index in [1.807, 2.05) is 55.5 Å². The first-order chi connectivity index (χ1) is 11.4. The maximum absolute atomic E-state index is 12.7. The molecule has 0 radical (unpaired) electrons. The predicted molar refractivity (Wildman–Crippen MR) is 95.5 cm³/mol. The molecule has 0 spiro atoms. The van der Waals surface area contributed by atoms with Crippen molar-refractivity contribution in [2.24, 2.45) is 5.10 Å². The molecule has 1 atom stereocenters. The Hall–Kier alpha value is -2.72. The molecule has 0 fully saturated rings. The maximum Gasteiger partial charge on any atom is 0.276 e. The summed E-state index contributed by atoms with van der Waals surface area (Å²) in [6.45, 7) is 5.35. The molecule has 4 heteroatoms. The lowest BCUT2D eigenvalue weighted by atomic mass is 9.98. The first-order valence-electron chi connectivity index (χ1n) is 7.86. The lowest BCUT2D eigenvalue weighted by Gasteiger charge is -2.28. The van der Waals surface area contributed by atoms with E-state index in [0.29, 0.717) is 16.8 Å². The third-order valence-corrected chi connectivity index (χ3v) is 4.16. The van der Waals surface area contributed by atoms with Crippen LogP contribution in [0.1, 0.15) is 35.3 Å². The zero-order valence-electron chi connectivity index (χ0n) is 14.0. The molecule has 0 aromatic heterocycles. The van der Waals surface area contributed by atoms with Crippen molar-refractivity contribution in [3.8, 4) is 0 Å². The van der Waals surface area contributed by atoms with Gasteiger partial charge in [0.05, 0.1) is 5.71 Å². The summed E-state index contributed by atoms with van der Waals surface area (Å²) < 4.78 is 0. The first-order valence-corrected chi connectivity index (χ1v) is 7.86. The highest BCUT2D eigenvalue weighted by Crippen LogP contribution is 2.33. The molecule has 1 aliphatic heterocycles. The number of benzene rings is 2. The van der Waals surface area contributed by atoms with Crippen molar-refractivity contribution in [2.75, 3.05) is 0 Å². The average molecular weight is 320 g/mol. The minimum Gasteiger partial charge on any atom is -0.365 e. The number of carbonyl (C=O) groups is 1. The summed E-state index contributed by atoms with van der Waals surface area (Å²) in [5.74, 6) is -0.323. The van der Waals surface area contributed by atoms with Gasteiger partial charge in [-0.1, -0.05) is 48.0 Å². The fourth-order valence-corrected chi connectivity index (χ4v) is 2.78. The monoisotopic (exact) mass is 320 g/mol. The van der Waals surface area contributed by atoms with Crippen molar-refractivity contribution in [1.82, 2.24) is 5.01 Å². The molecule has 4 nitrogen and oxygen atoms in total. The Morgan fingerprint density at radius 1 is 1.08 bits per heavy atom. The molecule has 0 saturated carbocycles. The Balaban J connectivity index is 1.96. The molecule has 1 N–H and O–H groups in total. The number of hydrogen-bond acceptors (Lipinski definition) is 3. The van der Waals surface area contributed by atoms with Crippen LogP contribution in [0.4, 0.5) is 0 Å². The van der Waals surface area contributed by atoms with Gasteiger partial charge in [0.1, 0.15) is 0 Å². The zero-order chi connectivity index (χ0) is 17.3. The molecule has 0 saturated heterocycles. The van der Waals surface area contributed by atoms with Gasteiger partial charge in [0, 0.05) is 11.1 Å². The van der Waals surface area contributed by atoms with E-state index in [4.69, 9.17) is 0 Å². The minimum absolute atomic E-state index is 0.323. The van der Waals surface area contributed by atoms with E-state index in [1.54, 1.807) is 26.0 Å². The zero-order valence-corrected chi connectivity index (χ0v) is 14.0. The molecular formula is C20H20N2O2. The summed E-state index contributed by atoms with van der Waals surface area (Å²) in [5.41, 5.74) is 2.29. The van der Waals surface area contributed by atoms with Crippen molar-refractivity contribution >= 4 is 17.7 Å². The van der Waals surface area contributed by atoms with Crippen LogP contribution in [0.15, 0.2) is 65.3 Å². The highest BCUT2D eigenvalue weighted by molar-refractivity contribution is 6.08. The van der Waals surface area contributed by atoms with Crippen LogP contribution in [-0.2, 0) is 0 Å². The van der Waals surface area contributed by atoms with Gasteiger partial charge in [-0.2, -0.15) is 10.1 Å². The highest BCUT2D eigenvalue weighted by atomic mass is 16.3. The smallest absolute Gasteiger partial charge is 0.276 e. The van der Waals surface area contributed by atoms with Gasteiger partial charge in [0.2, 0.25) is 0 Å². The van der Waals surface area contributed by atoms with Crippen molar-refractivity contribution in [3.05, 3.63) is 76.9 Å². The summed E-state index contributed by atoms with van der Waals surface area (Å²) in [4.78, 5) is 12.7. The van der Waals surface area contributed by atoms with Crippen molar-refractivity contribution in [2.45, 2.75) is 26.5 Å². The quantitative estimate of drug-likeness (QED) is 0.919. The summed E-state index contributed by atoms with van der Waals surface area (Å²) in [7, 11) is 0. The largest absolute Gasteiger partial charge is 0.365 e. The number of carbonyl (C=O) groups excluding carboxylic acids is 1. The van der Waals surface area contributed by atoms with Crippen LogP contribution in [-0.4, -0.2) is 27.5 Å². The normalized spacial score (nSPS) is 21.9. The Kier molecular flexibility index (Phi) is 4.08. The van der Waals surface area contributed by atoms with Gasteiger partial charge in [-0.25, -0.2) is 0 Å².